The fourth-order valence-electron chi connectivity index (χ4n) is 3.97. The largest absolute Gasteiger partial charge is 0.464 e. The highest BCUT2D eigenvalue weighted by Crippen LogP contribution is 2.33. The van der Waals surface area contributed by atoms with Gasteiger partial charge in [-0.25, -0.2) is 0 Å². The minimum absolute atomic E-state index is 0.0764. The van der Waals surface area contributed by atoms with Crippen molar-refractivity contribution >= 4 is 11.8 Å². The summed E-state index contributed by atoms with van der Waals surface area (Å²) >= 11 is 0. The minimum Gasteiger partial charge on any atom is -0.464 e. The van der Waals surface area contributed by atoms with Gasteiger partial charge in [-0.1, -0.05) is 25.8 Å². The Kier molecular flexibility index (Phi) is 7.02. The fraction of sp³-hybridized carbons (Fsp3) is 0.520. The quantitative estimate of drug-likeness (QED) is 0.484. The van der Waals surface area contributed by atoms with Crippen LogP contribution in [0.15, 0.2) is 34.7 Å². The van der Waals surface area contributed by atoms with Crippen LogP contribution in [0.1, 0.15) is 62.5 Å². The number of carbonyl (C=O) groups excluding carboxylic acids is 2. The Balaban J connectivity index is 1.47. The average molecular weight is 441 g/mol. The van der Waals surface area contributed by atoms with Crippen LogP contribution < -0.4 is 9.47 Å². The van der Waals surface area contributed by atoms with E-state index in [0.29, 0.717) is 31.0 Å². The molecule has 7 heteroatoms. The van der Waals surface area contributed by atoms with Crippen molar-refractivity contribution in [3.05, 3.63) is 47.4 Å². The van der Waals surface area contributed by atoms with E-state index in [-0.39, 0.29) is 31.2 Å². The van der Waals surface area contributed by atoms with Crippen molar-refractivity contribution in [2.24, 2.45) is 0 Å². The van der Waals surface area contributed by atoms with E-state index < -0.39 is 0 Å². The van der Waals surface area contributed by atoms with Gasteiger partial charge in [0.05, 0.1) is 6.54 Å². The summed E-state index contributed by atoms with van der Waals surface area (Å²) < 4.78 is 16.6. The third kappa shape index (κ3) is 5.64. The lowest BCUT2D eigenvalue weighted by molar-refractivity contribution is -0.142. The number of nitrogens with zero attached hydrogens (tertiary/aromatic N) is 2. The van der Waals surface area contributed by atoms with Crippen molar-refractivity contribution in [3.8, 4) is 11.5 Å². The molecule has 0 saturated heterocycles. The van der Waals surface area contributed by atoms with Crippen molar-refractivity contribution in [2.45, 2.75) is 71.5 Å². The van der Waals surface area contributed by atoms with Crippen LogP contribution in [-0.4, -0.2) is 41.0 Å². The van der Waals surface area contributed by atoms with E-state index in [2.05, 4.69) is 6.92 Å². The maximum Gasteiger partial charge on any atom is 0.242 e. The number of aryl methyl sites for hydroxylation is 1. The molecule has 172 valence electrons. The number of carbonyl (C=O) groups is 2. The highest BCUT2D eigenvalue weighted by atomic mass is 16.7. The molecule has 2 amide bonds. The number of hydrogen-bond donors (Lipinski definition) is 0. The van der Waals surface area contributed by atoms with Crippen LogP contribution in [0.25, 0.3) is 0 Å². The molecule has 1 saturated carbocycles. The third-order valence-corrected chi connectivity index (χ3v) is 5.91. The first-order valence-electron chi connectivity index (χ1n) is 11.5. The molecule has 0 spiro atoms. The molecule has 2 heterocycles. The van der Waals surface area contributed by atoms with Crippen molar-refractivity contribution < 1.29 is 23.5 Å². The highest BCUT2D eigenvalue weighted by Gasteiger charge is 2.34. The lowest BCUT2D eigenvalue weighted by Crippen LogP contribution is -2.43. The van der Waals surface area contributed by atoms with Crippen molar-refractivity contribution in [2.75, 3.05) is 13.3 Å². The second-order valence-electron chi connectivity index (χ2n) is 8.66. The Hall–Kier alpha value is -2.96. The van der Waals surface area contributed by atoms with Crippen molar-refractivity contribution in [3.63, 3.8) is 0 Å². The zero-order valence-electron chi connectivity index (χ0n) is 19.0. The van der Waals surface area contributed by atoms with E-state index in [9.17, 15) is 9.59 Å². The van der Waals surface area contributed by atoms with Gasteiger partial charge in [0.25, 0.3) is 0 Å². The molecule has 0 bridgehead atoms. The Labute approximate surface area is 189 Å². The fourth-order valence-corrected chi connectivity index (χ4v) is 3.97. The van der Waals surface area contributed by atoms with Gasteiger partial charge in [0.1, 0.15) is 18.1 Å². The summed E-state index contributed by atoms with van der Waals surface area (Å²) in [4.78, 5) is 29.8. The van der Waals surface area contributed by atoms with E-state index in [1.807, 2.05) is 37.3 Å². The zero-order valence-corrected chi connectivity index (χ0v) is 19.0. The van der Waals surface area contributed by atoms with E-state index in [4.69, 9.17) is 13.9 Å². The van der Waals surface area contributed by atoms with Crippen molar-refractivity contribution in [1.29, 1.82) is 0 Å². The number of unbranched alkanes of at least 4 members (excludes halogenated alkanes) is 2. The SMILES string of the molecule is CCCCCC(=O)N(CC(=O)N(Cc1ccc2c(c1)OCO2)Cc1ccc(C)o1)C1CC1. The Bertz CT molecular complexity index is 950. The molecule has 2 aliphatic rings. The number of hydrogen-bond acceptors (Lipinski definition) is 5. The second-order valence-corrected chi connectivity index (χ2v) is 8.66. The molecule has 1 fully saturated rings. The summed E-state index contributed by atoms with van der Waals surface area (Å²) in [7, 11) is 0. The zero-order chi connectivity index (χ0) is 22.5. The van der Waals surface area contributed by atoms with Gasteiger partial charge in [0.2, 0.25) is 18.6 Å². The van der Waals surface area contributed by atoms with Crippen LogP contribution in [0.4, 0.5) is 0 Å². The van der Waals surface area contributed by atoms with Crippen LogP contribution >= 0.6 is 0 Å². The lowest BCUT2D eigenvalue weighted by atomic mass is 10.1. The number of amides is 2. The smallest absolute Gasteiger partial charge is 0.242 e. The van der Waals surface area contributed by atoms with E-state index >= 15 is 0 Å². The second kappa shape index (κ2) is 10.1. The topological polar surface area (TPSA) is 72.2 Å². The number of ether oxygens (including phenoxy) is 2. The normalized spacial score (nSPS) is 14.4. The summed E-state index contributed by atoms with van der Waals surface area (Å²) in [6.45, 7) is 5.08. The standard InChI is InChI=1S/C25H32N2O5/c1-3-4-5-6-24(28)27(20-9-10-20)16-25(29)26(15-21-11-7-18(2)32-21)14-19-8-12-22-23(13-19)31-17-30-22/h7-8,11-13,20H,3-6,9-10,14-17H2,1-2H3. The van der Waals surface area contributed by atoms with E-state index in [0.717, 1.165) is 49.2 Å². The molecular formula is C25H32N2O5. The van der Waals surface area contributed by atoms with Gasteiger partial charge < -0.3 is 23.7 Å². The molecule has 32 heavy (non-hydrogen) atoms. The Morgan fingerprint density at radius 2 is 1.81 bits per heavy atom. The molecular weight excluding hydrogens is 408 g/mol. The highest BCUT2D eigenvalue weighted by molar-refractivity contribution is 5.85. The summed E-state index contributed by atoms with van der Waals surface area (Å²) in [6, 6.07) is 9.70. The first-order chi connectivity index (χ1) is 15.5. The predicted molar refractivity (Wildman–Crippen MR) is 119 cm³/mol. The van der Waals surface area contributed by atoms with Gasteiger partial charge in [-0.15, -0.1) is 0 Å². The maximum absolute atomic E-state index is 13.4. The molecule has 1 aliphatic carbocycles. The van der Waals surface area contributed by atoms with Crippen LogP contribution in [0.3, 0.4) is 0 Å². The molecule has 1 aromatic heterocycles. The van der Waals surface area contributed by atoms with E-state index in [1.165, 1.54) is 0 Å². The van der Waals surface area contributed by atoms with E-state index in [1.54, 1.807) is 9.80 Å². The molecule has 0 N–H and O–H groups in total. The summed E-state index contributed by atoms with van der Waals surface area (Å²) in [5.74, 6) is 2.95. The molecule has 2 aromatic rings. The first kappa shape index (κ1) is 22.2. The number of rotatable bonds is 11. The number of fused-ring (bicyclic) bond motifs is 1. The minimum atomic E-state index is -0.0764. The van der Waals surface area contributed by atoms with Gasteiger partial charge >= 0.3 is 0 Å². The van der Waals surface area contributed by atoms with Gasteiger partial charge in [-0.2, -0.15) is 0 Å². The number of furan rings is 1. The third-order valence-electron chi connectivity index (χ3n) is 5.91. The van der Waals surface area contributed by atoms with Crippen molar-refractivity contribution in [1.82, 2.24) is 9.80 Å². The summed E-state index contributed by atoms with van der Waals surface area (Å²) in [6.07, 6.45) is 5.45. The van der Waals surface area contributed by atoms with Crippen LogP contribution in [0.5, 0.6) is 11.5 Å². The summed E-state index contributed by atoms with van der Waals surface area (Å²) in [5, 5.41) is 0. The average Bonchev–Trinajstić information content (AvgIpc) is 3.37. The van der Waals surface area contributed by atoms with Crippen LogP contribution in [0, 0.1) is 6.92 Å². The lowest BCUT2D eigenvalue weighted by Gasteiger charge is -2.27. The molecule has 1 aliphatic heterocycles. The molecule has 0 unspecified atom stereocenters. The molecule has 1 aromatic carbocycles. The number of benzene rings is 1. The molecule has 0 atom stereocenters. The van der Waals surface area contributed by atoms with Gasteiger partial charge in [0.15, 0.2) is 11.5 Å². The monoisotopic (exact) mass is 440 g/mol. The molecule has 0 radical (unpaired) electrons. The molecule has 4 rings (SSSR count). The Morgan fingerprint density at radius 3 is 2.53 bits per heavy atom. The summed E-state index contributed by atoms with van der Waals surface area (Å²) in [5.41, 5.74) is 0.943. The van der Waals surface area contributed by atoms with Gasteiger partial charge in [-0.05, 0) is 56.0 Å². The Morgan fingerprint density at radius 1 is 1.00 bits per heavy atom. The van der Waals surface area contributed by atoms with Crippen LogP contribution in [-0.2, 0) is 22.7 Å². The first-order valence-corrected chi connectivity index (χ1v) is 11.5. The maximum atomic E-state index is 13.4. The molecule has 7 nitrogen and oxygen atoms in total. The van der Waals surface area contributed by atoms with Gasteiger partial charge in [0, 0.05) is 19.0 Å². The van der Waals surface area contributed by atoms with Crippen LogP contribution in [0.2, 0.25) is 0 Å². The predicted octanol–water partition coefficient (Wildman–Crippen LogP) is 4.42. The van der Waals surface area contributed by atoms with Gasteiger partial charge in [-0.3, -0.25) is 9.59 Å².